The normalized spacial score (nSPS) is 15.9. The predicted octanol–water partition coefficient (Wildman–Crippen LogP) is 1.07. The molecular weight excluding hydrogens is 396 g/mol. The van der Waals surface area contributed by atoms with Crippen molar-refractivity contribution in [2.75, 3.05) is 6.54 Å². The number of hydrogen-bond donors (Lipinski definition) is 1. The zero-order valence-electron chi connectivity index (χ0n) is 14.0. The third kappa shape index (κ3) is 3.13. The largest absolute Gasteiger partial charge is 0.480 e. The minimum Gasteiger partial charge on any atom is -0.480 e. The number of nitrogens with zero attached hydrogens (tertiary/aromatic N) is 4. The number of hydrogen-bond acceptors (Lipinski definition) is 7. The van der Waals surface area contributed by atoms with Crippen LogP contribution in [-0.4, -0.2) is 46.8 Å². The van der Waals surface area contributed by atoms with E-state index in [4.69, 9.17) is 17.3 Å². The fourth-order valence-electron chi connectivity index (χ4n) is 2.74. The van der Waals surface area contributed by atoms with E-state index in [0.717, 1.165) is 16.7 Å². The molecular formula is C15H12N4O6S2. The monoisotopic (exact) mass is 408 g/mol. The van der Waals surface area contributed by atoms with Crippen molar-refractivity contribution in [2.24, 2.45) is 14.1 Å². The van der Waals surface area contributed by atoms with Crippen LogP contribution < -0.4 is 5.69 Å². The number of aryl methyl sites for hydroxylation is 2. The average molecular weight is 408 g/mol. The number of carboxylic acid groups (broad SMARTS) is 1. The van der Waals surface area contributed by atoms with Gasteiger partial charge in [-0.25, -0.2) is 4.79 Å². The maximum atomic E-state index is 12.4. The molecule has 1 amide bonds. The van der Waals surface area contributed by atoms with Gasteiger partial charge in [0.25, 0.3) is 11.6 Å². The summed E-state index contributed by atoms with van der Waals surface area (Å²) in [5.41, 5.74) is 0.325. The lowest BCUT2D eigenvalue weighted by Gasteiger charge is -2.10. The van der Waals surface area contributed by atoms with E-state index in [1.165, 1.54) is 41.4 Å². The van der Waals surface area contributed by atoms with Gasteiger partial charge in [0.05, 0.1) is 26.4 Å². The number of carbonyl (C=O) groups excluding carboxylic acids is 1. The molecule has 0 aliphatic carbocycles. The second-order valence-electron chi connectivity index (χ2n) is 5.72. The summed E-state index contributed by atoms with van der Waals surface area (Å²) in [6.45, 7) is -0.587. The van der Waals surface area contributed by atoms with E-state index in [1.807, 2.05) is 0 Å². The van der Waals surface area contributed by atoms with Crippen LogP contribution in [0.15, 0.2) is 21.8 Å². The molecule has 12 heteroatoms. The molecule has 1 aliphatic heterocycles. The predicted molar refractivity (Wildman–Crippen MR) is 102 cm³/mol. The molecule has 0 unspecified atom stereocenters. The van der Waals surface area contributed by atoms with Crippen LogP contribution in [0.4, 0.5) is 5.69 Å². The highest BCUT2D eigenvalue weighted by Crippen LogP contribution is 2.35. The molecule has 2 aromatic rings. The Morgan fingerprint density at radius 1 is 1.30 bits per heavy atom. The molecule has 1 aromatic heterocycles. The van der Waals surface area contributed by atoms with Gasteiger partial charge in [-0.1, -0.05) is 24.0 Å². The van der Waals surface area contributed by atoms with Crippen molar-refractivity contribution in [3.8, 4) is 0 Å². The fraction of sp³-hybridized carbons (Fsp3) is 0.200. The quantitative estimate of drug-likeness (QED) is 0.344. The molecule has 2 heterocycles. The Morgan fingerprint density at radius 2 is 1.89 bits per heavy atom. The summed E-state index contributed by atoms with van der Waals surface area (Å²) in [6, 6.07) is 2.71. The first-order chi connectivity index (χ1) is 12.6. The van der Waals surface area contributed by atoms with Crippen LogP contribution >= 0.6 is 24.0 Å². The van der Waals surface area contributed by atoms with Gasteiger partial charge >= 0.3 is 11.7 Å². The van der Waals surface area contributed by atoms with Crippen molar-refractivity contribution < 1.29 is 19.6 Å². The maximum Gasteiger partial charge on any atom is 0.328 e. The minimum atomic E-state index is -1.22. The average Bonchev–Trinajstić information content (AvgIpc) is 2.97. The SMILES string of the molecule is Cn1c(=O)n(C)c2cc([N+](=O)[O-])c(/C=C3/SC(=S)N(CC(=O)O)C3=O)cc21. The van der Waals surface area contributed by atoms with Crippen molar-refractivity contribution >= 4 is 63.0 Å². The van der Waals surface area contributed by atoms with Crippen LogP contribution in [0.25, 0.3) is 17.1 Å². The second-order valence-corrected chi connectivity index (χ2v) is 7.39. The second kappa shape index (κ2) is 6.63. The Hall–Kier alpha value is -2.99. The zero-order valence-corrected chi connectivity index (χ0v) is 15.7. The van der Waals surface area contributed by atoms with Crippen molar-refractivity contribution in [3.63, 3.8) is 0 Å². The molecule has 1 fully saturated rings. The van der Waals surface area contributed by atoms with Crippen LogP contribution in [0.3, 0.4) is 0 Å². The highest BCUT2D eigenvalue weighted by molar-refractivity contribution is 8.26. The Morgan fingerprint density at radius 3 is 2.44 bits per heavy atom. The summed E-state index contributed by atoms with van der Waals surface area (Å²) >= 11 is 5.88. The third-order valence-electron chi connectivity index (χ3n) is 4.07. The van der Waals surface area contributed by atoms with Gasteiger partial charge in [-0.2, -0.15) is 0 Å². The van der Waals surface area contributed by atoms with E-state index < -0.39 is 23.3 Å². The molecule has 1 aliphatic rings. The molecule has 10 nitrogen and oxygen atoms in total. The number of amides is 1. The van der Waals surface area contributed by atoms with Gasteiger partial charge in [0.1, 0.15) is 10.9 Å². The van der Waals surface area contributed by atoms with E-state index in [2.05, 4.69) is 0 Å². The third-order valence-corrected chi connectivity index (χ3v) is 5.45. The van der Waals surface area contributed by atoms with Gasteiger partial charge in [-0.05, 0) is 12.1 Å². The van der Waals surface area contributed by atoms with E-state index >= 15 is 0 Å². The molecule has 1 saturated heterocycles. The maximum absolute atomic E-state index is 12.4. The molecule has 3 rings (SSSR count). The number of benzene rings is 1. The summed E-state index contributed by atoms with van der Waals surface area (Å²) in [6.07, 6.45) is 1.29. The Labute approximate surface area is 160 Å². The highest BCUT2D eigenvalue weighted by atomic mass is 32.2. The van der Waals surface area contributed by atoms with E-state index in [-0.39, 0.29) is 26.2 Å². The molecule has 1 N–H and O–H groups in total. The lowest BCUT2D eigenvalue weighted by molar-refractivity contribution is -0.385. The number of thioether (sulfide) groups is 1. The number of carbonyl (C=O) groups is 2. The number of imidazole rings is 1. The molecule has 1 aromatic carbocycles. The number of carboxylic acids is 1. The molecule has 0 saturated carbocycles. The number of thiocarbonyl (C=S) groups is 1. The van der Waals surface area contributed by atoms with E-state index in [1.54, 1.807) is 0 Å². The standard InChI is InChI=1S/C15H12N4O6S2/c1-16-9-3-7(8(19(24)25)5-10(9)17(2)14(16)23)4-11-13(22)18(6-12(20)21)15(26)27-11/h3-5H,6H2,1-2H3,(H,20,21)/b11-4+. The fourth-order valence-corrected chi connectivity index (χ4v) is 3.98. The van der Waals surface area contributed by atoms with Crippen LogP contribution in [0.5, 0.6) is 0 Å². The smallest absolute Gasteiger partial charge is 0.328 e. The summed E-state index contributed by atoms with van der Waals surface area (Å²) in [4.78, 5) is 47.2. The molecule has 27 heavy (non-hydrogen) atoms. The lowest BCUT2D eigenvalue weighted by Crippen LogP contribution is -2.33. The lowest BCUT2D eigenvalue weighted by atomic mass is 10.1. The number of rotatable bonds is 4. The first kappa shape index (κ1) is 18.8. The van der Waals surface area contributed by atoms with Crippen molar-refractivity contribution in [1.29, 1.82) is 0 Å². The number of aromatic nitrogens is 2. The van der Waals surface area contributed by atoms with Gasteiger partial charge in [0, 0.05) is 20.2 Å². The topological polar surface area (TPSA) is 128 Å². The van der Waals surface area contributed by atoms with Crippen molar-refractivity contribution in [2.45, 2.75) is 0 Å². The molecule has 0 bridgehead atoms. The minimum absolute atomic E-state index is 0.0597. The zero-order chi connectivity index (χ0) is 20.0. The summed E-state index contributed by atoms with van der Waals surface area (Å²) in [7, 11) is 3.04. The van der Waals surface area contributed by atoms with Crippen LogP contribution in [-0.2, 0) is 23.7 Å². The van der Waals surface area contributed by atoms with E-state index in [0.29, 0.717) is 11.0 Å². The van der Waals surface area contributed by atoms with Gasteiger partial charge in [-0.15, -0.1) is 0 Å². The van der Waals surface area contributed by atoms with Crippen molar-refractivity contribution in [1.82, 2.24) is 14.0 Å². The Kier molecular flexibility index (Phi) is 4.61. The molecule has 0 radical (unpaired) electrons. The number of aliphatic carboxylic acids is 1. The Bertz CT molecular complexity index is 1130. The van der Waals surface area contributed by atoms with Gasteiger partial charge < -0.3 is 5.11 Å². The first-order valence-electron chi connectivity index (χ1n) is 7.43. The van der Waals surface area contributed by atoms with Gasteiger partial charge in [0.2, 0.25) is 0 Å². The Balaban J connectivity index is 2.16. The first-order valence-corrected chi connectivity index (χ1v) is 8.65. The highest BCUT2D eigenvalue weighted by Gasteiger charge is 2.34. The van der Waals surface area contributed by atoms with Crippen LogP contribution in [0.2, 0.25) is 0 Å². The molecule has 0 spiro atoms. The van der Waals surface area contributed by atoms with Crippen molar-refractivity contribution in [3.05, 3.63) is 43.2 Å². The summed E-state index contributed by atoms with van der Waals surface area (Å²) in [5.74, 6) is -1.86. The summed E-state index contributed by atoms with van der Waals surface area (Å²) in [5, 5.41) is 20.3. The number of nitro benzene ring substituents is 1. The van der Waals surface area contributed by atoms with Gasteiger partial charge in [0.15, 0.2) is 0 Å². The van der Waals surface area contributed by atoms with Gasteiger partial charge in [-0.3, -0.25) is 33.7 Å². The number of nitro groups is 1. The van der Waals surface area contributed by atoms with E-state index in [9.17, 15) is 24.5 Å². The van der Waals surface area contributed by atoms with Crippen LogP contribution in [0.1, 0.15) is 5.56 Å². The number of fused-ring (bicyclic) bond motifs is 1. The van der Waals surface area contributed by atoms with Crippen LogP contribution in [0, 0.1) is 10.1 Å². The molecule has 0 atom stereocenters. The summed E-state index contributed by atoms with van der Waals surface area (Å²) < 4.78 is 2.69. The molecule has 140 valence electrons.